The maximum absolute atomic E-state index is 5.39. The van der Waals surface area contributed by atoms with E-state index in [2.05, 4.69) is 48.5 Å². The third-order valence-corrected chi connectivity index (χ3v) is 3.25. The van der Waals surface area contributed by atoms with Crippen molar-refractivity contribution in [3.63, 3.8) is 0 Å². The summed E-state index contributed by atoms with van der Waals surface area (Å²) < 4.78 is 7.24. The summed E-state index contributed by atoms with van der Waals surface area (Å²) in [5, 5.41) is 7.60. The minimum atomic E-state index is -0.0813. The predicted molar refractivity (Wildman–Crippen MR) is 77.8 cm³/mol. The van der Waals surface area contributed by atoms with Crippen molar-refractivity contribution in [2.75, 3.05) is 19.0 Å². The molecule has 4 heteroatoms. The number of anilines is 1. The van der Waals surface area contributed by atoms with Gasteiger partial charge in [-0.2, -0.15) is 5.10 Å². The third kappa shape index (κ3) is 3.83. The lowest BCUT2D eigenvalue weighted by atomic mass is 10.1. The van der Waals surface area contributed by atoms with Crippen LogP contribution in [0.5, 0.6) is 0 Å². The second-order valence-electron chi connectivity index (χ2n) is 5.14. The largest absolute Gasteiger partial charge is 0.385 e. The van der Waals surface area contributed by atoms with Crippen molar-refractivity contribution in [2.45, 2.75) is 25.9 Å². The number of hydrogen-bond acceptors (Lipinski definition) is 3. The van der Waals surface area contributed by atoms with Crippen LogP contribution < -0.4 is 5.32 Å². The second-order valence-corrected chi connectivity index (χ2v) is 5.14. The molecule has 1 aromatic carbocycles. The molecule has 0 spiro atoms. The van der Waals surface area contributed by atoms with Gasteiger partial charge in [-0.25, -0.2) is 4.68 Å². The van der Waals surface area contributed by atoms with Gasteiger partial charge in [0.2, 0.25) is 0 Å². The molecule has 1 N–H and O–H groups in total. The fraction of sp³-hybridized carbons (Fsp3) is 0.400. The Labute approximate surface area is 114 Å². The molecule has 2 rings (SSSR count). The SMILES string of the molecule is COC(C)(C)CCNc1ccc(-n2cccn2)cc1. The first-order valence-electron chi connectivity index (χ1n) is 6.50. The first-order valence-corrected chi connectivity index (χ1v) is 6.50. The summed E-state index contributed by atoms with van der Waals surface area (Å²) >= 11 is 0. The van der Waals surface area contributed by atoms with Crippen LogP contribution in [-0.2, 0) is 4.74 Å². The first-order chi connectivity index (χ1) is 9.11. The van der Waals surface area contributed by atoms with Gasteiger partial charge in [-0.1, -0.05) is 0 Å². The maximum atomic E-state index is 5.39. The third-order valence-electron chi connectivity index (χ3n) is 3.25. The Kier molecular flexibility index (Phi) is 4.22. The quantitative estimate of drug-likeness (QED) is 0.866. The van der Waals surface area contributed by atoms with Crippen LogP contribution in [-0.4, -0.2) is 29.0 Å². The lowest BCUT2D eigenvalue weighted by molar-refractivity contribution is 0.0185. The monoisotopic (exact) mass is 259 g/mol. The normalized spacial score (nSPS) is 11.5. The standard InChI is InChI=1S/C15H21N3O/c1-15(2,19-3)9-11-16-13-5-7-14(8-6-13)18-12-4-10-17-18/h4-8,10,12,16H,9,11H2,1-3H3. The van der Waals surface area contributed by atoms with Crippen LogP contribution in [0.3, 0.4) is 0 Å². The van der Waals surface area contributed by atoms with Crippen molar-refractivity contribution < 1.29 is 4.74 Å². The van der Waals surface area contributed by atoms with Crippen molar-refractivity contribution in [1.82, 2.24) is 9.78 Å². The van der Waals surface area contributed by atoms with Gasteiger partial charge >= 0.3 is 0 Å². The molecular weight excluding hydrogens is 238 g/mol. The van der Waals surface area contributed by atoms with E-state index in [4.69, 9.17) is 4.74 Å². The molecule has 4 nitrogen and oxygen atoms in total. The number of nitrogens with one attached hydrogen (secondary N) is 1. The van der Waals surface area contributed by atoms with Crippen molar-refractivity contribution in [1.29, 1.82) is 0 Å². The van der Waals surface area contributed by atoms with E-state index >= 15 is 0 Å². The van der Waals surface area contributed by atoms with Gasteiger partial charge in [0, 0.05) is 31.7 Å². The van der Waals surface area contributed by atoms with E-state index in [1.807, 2.05) is 16.9 Å². The highest BCUT2D eigenvalue weighted by Gasteiger charge is 2.15. The van der Waals surface area contributed by atoms with E-state index in [9.17, 15) is 0 Å². The van der Waals surface area contributed by atoms with Crippen LogP contribution in [0.4, 0.5) is 5.69 Å². The van der Waals surface area contributed by atoms with E-state index < -0.39 is 0 Å². The number of benzene rings is 1. The van der Waals surface area contributed by atoms with E-state index in [1.54, 1.807) is 13.3 Å². The molecular formula is C15H21N3O. The van der Waals surface area contributed by atoms with Crippen molar-refractivity contribution in [3.8, 4) is 5.69 Å². The highest BCUT2D eigenvalue weighted by Crippen LogP contribution is 2.15. The molecule has 19 heavy (non-hydrogen) atoms. The van der Waals surface area contributed by atoms with Gasteiger partial charge in [0.15, 0.2) is 0 Å². The van der Waals surface area contributed by atoms with Crippen LogP contribution in [0, 0.1) is 0 Å². The topological polar surface area (TPSA) is 39.1 Å². The van der Waals surface area contributed by atoms with Crippen LogP contribution in [0.1, 0.15) is 20.3 Å². The Bertz CT molecular complexity index is 489. The van der Waals surface area contributed by atoms with Gasteiger partial charge in [0.25, 0.3) is 0 Å². The van der Waals surface area contributed by atoms with Crippen molar-refractivity contribution in [3.05, 3.63) is 42.7 Å². The summed E-state index contributed by atoms with van der Waals surface area (Å²) in [6.45, 7) is 5.08. The van der Waals surface area contributed by atoms with Gasteiger partial charge in [0.1, 0.15) is 0 Å². The van der Waals surface area contributed by atoms with Crippen LogP contribution in [0.15, 0.2) is 42.7 Å². The molecule has 0 aliphatic rings. The number of ether oxygens (including phenoxy) is 1. The van der Waals surface area contributed by atoms with E-state index in [0.717, 1.165) is 24.3 Å². The van der Waals surface area contributed by atoms with Gasteiger partial charge < -0.3 is 10.1 Å². The Morgan fingerprint density at radius 3 is 2.58 bits per heavy atom. The zero-order valence-corrected chi connectivity index (χ0v) is 11.8. The van der Waals surface area contributed by atoms with Gasteiger partial charge in [-0.05, 0) is 50.6 Å². The zero-order valence-electron chi connectivity index (χ0n) is 11.8. The molecule has 0 saturated heterocycles. The molecule has 2 aromatic rings. The fourth-order valence-electron chi connectivity index (χ4n) is 1.76. The number of nitrogens with zero attached hydrogens (tertiary/aromatic N) is 2. The Morgan fingerprint density at radius 1 is 1.26 bits per heavy atom. The molecule has 0 aliphatic heterocycles. The van der Waals surface area contributed by atoms with Crippen LogP contribution in [0.25, 0.3) is 5.69 Å². The number of hydrogen-bond donors (Lipinski definition) is 1. The minimum Gasteiger partial charge on any atom is -0.385 e. The van der Waals surface area contributed by atoms with E-state index in [1.165, 1.54) is 0 Å². The number of rotatable bonds is 6. The molecule has 1 aromatic heterocycles. The van der Waals surface area contributed by atoms with E-state index in [-0.39, 0.29) is 5.60 Å². The molecule has 0 amide bonds. The lowest BCUT2D eigenvalue weighted by Gasteiger charge is -2.23. The highest BCUT2D eigenvalue weighted by molar-refractivity contribution is 5.48. The zero-order chi connectivity index (χ0) is 13.7. The molecule has 0 atom stereocenters. The van der Waals surface area contributed by atoms with E-state index in [0.29, 0.717) is 0 Å². The summed E-state index contributed by atoms with van der Waals surface area (Å²) in [4.78, 5) is 0. The summed E-state index contributed by atoms with van der Waals surface area (Å²) in [7, 11) is 1.75. The van der Waals surface area contributed by atoms with Crippen molar-refractivity contribution >= 4 is 5.69 Å². The molecule has 0 saturated carbocycles. The molecule has 0 fully saturated rings. The predicted octanol–water partition coefficient (Wildman–Crippen LogP) is 3.10. The molecule has 0 aliphatic carbocycles. The minimum absolute atomic E-state index is 0.0813. The molecule has 1 heterocycles. The molecule has 102 valence electrons. The smallest absolute Gasteiger partial charge is 0.0647 e. The fourth-order valence-corrected chi connectivity index (χ4v) is 1.76. The van der Waals surface area contributed by atoms with Crippen LogP contribution in [0.2, 0.25) is 0 Å². The van der Waals surface area contributed by atoms with Crippen LogP contribution >= 0.6 is 0 Å². The Balaban J connectivity index is 1.89. The number of aromatic nitrogens is 2. The summed E-state index contributed by atoms with van der Waals surface area (Å²) in [6, 6.07) is 10.2. The van der Waals surface area contributed by atoms with Crippen molar-refractivity contribution in [2.24, 2.45) is 0 Å². The van der Waals surface area contributed by atoms with Gasteiger partial charge in [-0.15, -0.1) is 0 Å². The summed E-state index contributed by atoms with van der Waals surface area (Å²) in [6.07, 6.45) is 4.67. The summed E-state index contributed by atoms with van der Waals surface area (Å²) in [5.74, 6) is 0. The Morgan fingerprint density at radius 2 is 2.00 bits per heavy atom. The lowest BCUT2D eigenvalue weighted by Crippen LogP contribution is -2.25. The molecule has 0 bridgehead atoms. The summed E-state index contributed by atoms with van der Waals surface area (Å²) in [5.41, 5.74) is 2.10. The maximum Gasteiger partial charge on any atom is 0.0647 e. The second kappa shape index (κ2) is 5.89. The Hall–Kier alpha value is -1.81. The molecule has 0 unspecified atom stereocenters. The average molecular weight is 259 g/mol. The van der Waals surface area contributed by atoms with Gasteiger partial charge in [0.05, 0.1) is 11.3 Å². The molecule has 0 radical (unpaired) electrons. The highest BCUT2D eigenvalue weighted by atomic mass is 16.5. The first kappa shape index (κ1) is 13.6. The van der Waals surface area contributed by atoms with Gasteiger partial charge in [-0.3, -0.25) is 0 Å². The number of methoxy groups -OCH3 is 1. The average Bonchev–Trinajstić information content (AvgIpc) is 2.93.